The summed E-state index contributed by atoms with van der Waals surface area (Å²) in [4.78, 5) is 45.2. The average molecular weight is 1830 g/mol. The molecule has 6 N–H and O–H groups in total. The fraction of sp³-hybridized carbons (Fsp3) is 0.299. The second-order valence-corrected chi connectivity index (χ2v) is 31.2. The maximum Gasteiger partial charge on any atom is 0.416 e. The van der Waals surface area contributed by atoms with Gasteiger partial charge in [0, 0.05) is 232 Å². The molecule has 1 aliphatic rings. The smallest absolute Gasteiger partial charge is 0.416 e. The summed E-state index contributed by atoms with van der Waals surface area (Å²) in [6.45, 7) is 5.01. The van der Waals surface area contributed by atoms with Crippen LogP contribution in [0.1, 0.15) is 38.8 Å². The van der Waals surface area contributed by atoms with Gasteiger partial charge >= 0.3 is 6.18 Å². The zero-order valence-corrected chi connectivity index (χ0v) is 76.4. The normalized spacial score (nSPS) is 12.9. The van der Waals surface area contributed by atoms with E-state index in [0.29, 0.717) is 95.3 Å². The summed E-state index contributed by atoms with van der Waals surface area (Å²) < 4.78 is 109. The van der Waals surface area contributed by atoms with E-state index in [9.17, 15) is 22.7 Å². The molecule has 0 spiro atoms. The largest absolute Gasteiger partial charge is 0.497 e. The van der Waals surface area contributed by atoms with Gasteiger partial charge in [0.25, 0.3) is 0 Å². The van der Waals surface area contributed by atoms with Crippen LogP contribution < -0.4 is 74.3 Å². The van der Waals surface area contributed by atoms with Gasteiger partial charge in [0.05, 0.1) is 180 Å². The third kappa shape index (κ3) is 23.5. The van der Waals surface area contributed by atoms with Crippen molar-refractivity contribution in [3.8, 4) is 91.0 Å². The Labute approximate surface area is 771 Å². The second kappa shape index (κ2) is 44.3. The minimum Gasteiger partial charge on any atom is -0.497 e. The van der Waals surface area contributed by atoms with Gasteiger partial charge in [0.15, 0.2) is 6.10 Å². The van der Waals surface area contributed by atoms with Crippen molar-refractivity contribution in [3.63, 3.8) is 0 Å². The van der Waals surface area contributed by atoms with Crippen LogP contribution in [0.25, 0.3) is 89.2 Å². The molecule has 0 amide bonds. The number of rotatable bonds is 33. The Balaban J connectivity index is 0.000000144. The minimum atomic E-state index is -4.80. The molecular weight excluding hydrogens is 1720 g/mol. The fourth-order valence-corrected chi connectivity index (χ4v) is 15.1. The lowest BCUT2D eigenvalue weighted by atomic mass is 10.1. The van der Waals surface area contributed by atoms with Crippen molar-refractivity contribution in [1.29, 1.82) is 0 Å². The van der Waals surface area contributed by atoms with Crippen molar-refractivity contribution >= 4 is 89.6 Å². The van der Waals surface area contributed by atoms with Gasteiger partial charge in [-0.1, -0.05) is 0 Å². The van der Waals surface area contributed by atoms with Gasteiger partial charge in [0.2, 0.25) is 0 Å². The molecule has 1 aliphatic heterocycles. The SMILES string of the molecule is COc1cc(OC)cc(N(CCCN)c2ccc3ncc(-c4cnn(C5CCCCO5)c4)nc3c2)c1.COc1cc(OC)cc(N(CCNCCF)c2ccc3ncc(-c4cnn(C)c4)nc3c2)c1.COc1cc(OC)cc(N(C[C@H](O)C(F)(F)F)c2ccc3ncc(-c4cnn(C)c4)nc3c2)c1.COc1cc(OC)cc(N(c2ccc3ncc(-c4cnn(C)c4)nc3c2)[C@H](C)CN)c1. The van der Waals surface area contributed by atoms with Gasteiger partial charge in [0.1, 0.15) is 58.9 Å². The number of aliphatic hydroxyl groups is 1. The molecule has 1 fully saturated rings. The first-order valence-electron chi connectivity index (χ1n) is 43.2. The van der Waals surface area contributed by atoms with E-state index in [2.05, 4.69) is 84.4 Å². The van der Waals surface area contributed by atoms with Gasteiger partial charge in [-0.05, 0) is 112 Å². The standard InChI is InChI=1S/C27H32N6O3.C24H27FN6O2.C23H22F3N5O3.C23H26N6O2/c1-34-22-12-21(13-23(15-22)35-2)32(10-5-9-28)20-7-8-24-25(14-20)31-26(17-29-24)19-16-30-33(18-19)27-6-3-4-11-36-27;1-30-16-17(14-28-30)24-15-27-22-5-4-18(12-23(22)29-24)31(9-8-26-7-6-25)19-10-20(32-2)13-21(11-19)33-3;1-30-12-14(10-28-30)21-11-27-19-5-4-15(8-20(19)29-21)31(13-22(32)23(24,25)26)16-6-17(33-2)9-18(7-16)34-3;1-15(11-24)29(18-7-19(30-3)10-20(8-18)31-4)17-5-6-21-22(9-17)27-23(13-25-21)16-12-26-28(2)14-16/h7-8,12-18,27H,3-6,9-11,28H2,1-2H3;4-5,10-16,26H,6-9H2,1-3H3;4-12,22,32H,13H2,1-3H3;5-10,12-15H,11,24H2,1-4H3/t;;22-;15-/m..01/s1. The molecule has 17 rings (SSSR count). The number of hydrogen-bond acceptors (Lipinski definition) is 29. The number of ether oxygens (including phenoxy) is 9. The predicted octanol–water partition coefficient (Wildman–Crippen LogP) is 16.1. The minimum absolute atomic E-state index is 0.0107. The Bertz CT molecular complexity index is 6550. The highest BCUT2D eigenvalue weighted by atomic mass is 19.4. The number of nitrogens with zero attached hydrogens (tertiary/aromatic N) is 20. The number of aryl methyl sites for hydroxylation is 3. The summed E-state index contributed by atoms with van der Waals surface area (Å²) in [6.07, 6.45) is 18.2. The van der Waals surface area contributed by atoms with E-state index in [4.69, 9.17) is 69.1 Å². The number of anilines is 8. The van der Waals surface area contributed by atoms with Crippen LogP contribution in [-0.2, 0) is 25.9 Å². The van der Waals surface area contributed by atoms with Gasteiger partial charge in [-0.2, -0.15) is 33.6 Å². The highest BCUT2D eigenvalue weighted by molar-refractivity contribution is 5.87. The molecule has 3 atom stereocenters. The fourth-order valence-electron chi connectivity index (χ4n) is 15.1. The highest BCUT2D eigenvalue weighted by Crippen LogP contribution is 2.42. The number of aliphatic hydroxyl groups excluding tert-OH is 1. The number of fused-ring (bicyclic) bond motifs is 4. The Kier molecular flexibility index (Phi) is 31.5. The molecule has 0 aliphatic carbocycles. The van der Waals surface area contributed by atoms with Gasteiger partial charge < -0.3 is 84.1 Å². The van der Waals surface area contributed by atoms with E-state index < -0.39 is 25.5 Å². The lowest BCUT2D eigenvalue weighted by molar-refractivity contribution is -0.199. The number of nitrogens with one attached hydrogen (secondary N) is 1. The number of hydrogen-bond donors (Lipinski definition) is 4. The molecule has 1 saturated heterocycles. The second-order valence-electron chi connectivity index (χ2n) is 31.2. The first-order valence-corrected chi connectivity index (χ1v) is 43.2. The number of alkyl halides is 4. The van der Waals surface area contributed by atoms with Crippen LogP contribution in [0.2, 0.25) is 0 Å². The summed E-state index contributed by atoms with van der Waals surface area (Å²) >= 11 is 0. The average Bonchev–Trinajstić information content (AvgIpc) is 1.64. The molecule has 698 valence electrons. The zero-order chi connectivity index (χ0) is 94.5. The summed E-state index contributed by atoms with van der Waals surface area (Å²) in [5.74, 6) is 5.02. The van der Waals surface area contributed by atoms with Crippen LogP contribution in [0.15, 0.2) is 220 Å². The van der Waals surface area contributed by atoms with Crippen molar-refractivity contribution in [3.05, 3.63) is 220 Å². The van der Waals surface area contributed by atoms with Crippen molar-refractivity contribution < 1.29 is 65.3 Å². The lowest BCUT2D eigenvalue weighted by Crippen LogP contribution is -2.39. The molecular formula is C97H107F4N23O10. The van der Waals surface area contributed by atoms with Crippen molar-refractivity contribution in [2.45, 2.75) is 57.2 Å². The molecule has 0 saturated carbocycles. The number of aromatic nitrogens is 16. The van der Waals surface area contributed by atoms with E-state index in [1.165, 1.54) is 19.1 Å². The van der Waals surface area contributed by atoms with Crippen molar-refractivity contribution in [1.82, 2.24) is 84.3 Å². The Morgan fingerprint density at radius 3 is 1.12 bits per heavy atom. The lowest BCUT2D eigenvalue weighted by Gasteiger charge is -2.31. The molecule has 8 aromatic carbocycles. The number of benzene rings is 8. The van der Waals surface area contributed by atoms with Gasteiger partial charge in [-0.3, -0.25) is 34.0 Å². The predicted molar refractivity (Wildman–Crippen MR) is 509 cm³/mol. The van der Waals surface area contributed by atoms with E-state index in [-0.39, 0.29) is 12.3 Å². The third-order valence-corrected chi connectivity index (χ3v) is 22.1. The Morgan fingerprint density at radius 2 is 0.776 bits per heavy atom. The van der Waals surface area contributed by atoms with Crippen molar-refractivity contribution in [2.24, 2.45) is 32.6 Å². The van der Waals surface area contributed by atoms with Crippen LogP contribution in [0.4, 0.5) is 63.1 Å². The highest BCUT2D eigenvalue weighted by Gasteiger charge is 2.40. The Morgan fingerprint density at radius 1 is 0.425 bits per heavy atom. The summed E-state index contributed by atoms with van der Waals surface area (Å²) in [5, 5.41) is 30.1. The molecule has 1 unspecified atom stereocenters. The van der Waals surface area contributed by atoms with Crippen LogP contribution in [0, 0.1) is 0 Å². The summed E-state index contributed by atoms with van der Waals surface area (Å²) in [7, 11) is 18.2. The molecule has 33 nitrogen and oxygen atoms in total. The van der Waals surface area contributed by atoms with E-state index in [0.717, 1.165) is 157 Å². The maximum atomic E-state index is 13.3. The molecule has 0 bridgehead atoms. The van der Waals surface area contributed by atoms with Gasteiger partial charge in [-0.25, -0.2) is 29.0 Å². The molecule has 37 heteroatoms. The van der Waals surface area contributed by atoms with E-state index >= 15 is 0 Å². The van der Waals surface area contributed by atoms with E-state index in [1.807, 2.05) is 141 Å². The first kappa shape index (κ1) is 95.2. The molecule has 8 aromatic heterocycles. The first-order chi connectivity index (χ1) is 65.0. The number of nitrogens with two attached hydrogens (primary N) is 2. The zero-order valence-electron chi connectivity index (χ0n) is 76.4. The van der Waals surface area contributed by atoms with Crippen LogP contribution in [0.3, 0.4) is 0 Å². The third-order valence-electron chi connectivity index (χ3n) is 22.1. The van der Waals surface area contributed by atoms with E-state index in [1.54, 1.807) is 150 Å². The van der Waals surface area contributed by atoms with Gasteiger partial charge in [-0.15, -0.1) is 0 Å². The molecule has 9 heterocycles. The molecule has 0 radical (unpaired) electrons. The maximum absolute atomic E-state index is 13.3. The van der Waals surface area contributed by atoms with Crippen LogP contribution in [-0.4, -0.2) is 218 Å². The van der Waals surface area contributed by atoms with Crippen LogP contribution in [0.5, 0.6) is 46.0 Å². The summed E-state index contributed by atoms with van der Waals surface area (Å²) in [5.41, 5.74) is 30.5. The quantitative estimate of drug-likeness (QED) is 0.0219. The van der Waals surface area contributed by atoms with Crippen LogP contribution >= 0.6 is 0 Å². The number of halogens is 4. The summed E-state index contributed by atoms with van der Waals surface area (Å²) in [6, 6.07) is 45.1. The monoisotopic (exact) mass is 1830 g/mol. The number of methoxy groups -OCH3 is 8. The molecule has 16 aromatic rings. The molecule has 134 heavy (non-hydrogen) atoms. The topological polar surface area (TPSA) is 355 Å². The Hall–Kier alpha value is -14.9. The van der Waals surface area contributed by atoms with Crippen molar-refractivity contribution in [2.75, 3.05) is 136 Å².